The molecule has 0 bridgehead atoms. The summed E-state index contributed by atoms with van der Waals surface area (Å²) in [6, 6.07) is 9.98. The second-order valence-electron chi connectivity index (χ2n) is 3.05. The van der Waals surface area contributed by atoms with Gasteiger partial charge in [-0.1, -0.05) is 36.9 Å². The van der Waals surface area contributed by atoms with E-state index in [9.17, 15) is 0 Å². The molecular weight excluding hydrogens is 188 g/mol. The lowest BCUT2D eigenvalue weighted by Gasteiger charge is -2.11. The predicted molar refractivity (Wildman–Crippen MR) is 61.1 cm³/mol. The molecule has 0 N–H and O–H groups in total. The Morgan fingerprint density at radius 3 is 2.53 bits per heavy atom. The molecule has 0 unspecified atom stereocenters. The van der Waals surface area contributed by atoms with Gasteiger partial charge in [-0.05, 0) is 18.6 Å². The monoisotopic (exact) mass is 204 g/mol. The van der Waals surface area contributed by atoms with E-state index >= 15 is 0 Å². The maximum atomic E-state index is 5.57. The third-order valence-corrected chi connectivity index (χ3v) is 2.02. The summed E-state index contributed by atoms with van der Waals surface area (Å²) in [6.45, 7) is 6.17. The van der Waals surface area contributed by atoms with Crippen molar-refractivity contribution >= 4 is 0 Å². The Labute approximate surface area is 90.8 Å². The minimum absolute atomic E-state index is 0.531. The first-order valence-electron chi connectivity index (χ1n) is 4.84. The average Bonchev–Trinajstić information content (AvgIpc) is 2.31. The van der Waals surface area contributed by atoms with Crippen LogP contribution in [0.4, 0.5) is 0 Å². The number of methoxy groups -OCH3 is 1. The molecule has 0 aromatic heterocycles. The molecule has 1 rings (SSSR count). The van der Waals surface area contributed by atoms with E-state index in [-0.39, 0.29) is 0 Å². The van der Waals surface area contributed by atoms with Gasteiger partial charge in [0.2, 0.25) is 0 Å². The van der Waals surface area contributed by atoms with E-state index in [0.717, 1.165) is 5.56 Å². The molecule has 2 nitrogen and oxygen atoms in total. The third kappa shape index (κ3) is 3.50. The van der Waals surface area contributed by atoms with E-state index in [1.165, 1.54) is 0 Å². The van der Waals surface area contributed by atoms with Crippen molar-refractivity contribution in [1.82, 2.24) is 0 Å². The van der Waals surface area contributed by atoms with Crippen LogP contribution in [0.3, 0.4) is 0 Å². The first-order chi connectivity index (χ1) is 7.27. The van der Waals surface area contributed by atoms with Gasteiger partial charge >= 0.3 is 0 Å². The highest BCUT2D eigenvalue weighted by molar-refractivity contribution is 5.18. The summed E-state index contributed by atoms with van der Waals surface area (Å²) in [5.41, 5.74) is 1.13. The second kappa shape index (κ2) is 5.91. The van der Waals surface area contributed by atoms with Gasteiger partial charge in [0.15, 0.2) is 11.5 Å². The number of ether oxygens (including phenoxy) is 2. The van der Waals surface area contributed by atoms with E-state index in [2.05, 4.69) is 6.58 Å². The van der Waals surface area contributed by atoms with Gasteiger partial charge in [0.1, 0.15) is 6.61 Å². The fourth-order valence-electron chi connectivity index (χ4n) is 1.16. The van der Waals surface area contributed by atoms with Crippen LogP contribution in [0, 0.1) is 0 Å². The Morgan fingerprint density at radius 1 is 1.33 bits per heavy atom. The molecule has 0 saturated carbocycles. The highest BCUT2D eigenvalue weighted by atomic mass is 16.5. The van der Waals surface area contributed by atoms with E-state index in [1.807, 2.05) is 43.3 Å². The Balaban J connectivity index is 2.53. The minimum atomic E-state index is 0.531. The van der Waals surface area contributed by atoms with Gasteiger partial charge in [-0.2, -0.15) is 0 Å². The summed E-state index contributed by atoms with van der Waals surface area (Å²) in [4.78, 5) is 0. The molecule has 0 atom stereocenters. The van der Waals surface area contributed by atoms with Crippen molar-refractivity contribution in [3.8, 4) is 0 Å². The van der Waals surface area contributed by atoms with Crippen LogP contribution < -0.4 is 0 Å². The van der Waals surface area contributed by atoms with Crippen molar-refractivity contribution in [2.45, 2.75) is 13.5 Å². The molecule has 0 heterocycles. The highest BCUT2D eigenvalue weighted by Gasteiger charge is 2.02. The Kier molecular flexibility index (Phi) is 4.48. The molecule has 0 saturated heterocycles. The van der Waals surface area contributed by atoms with Crippen LogP contribution in [0.2, 0.25) is 0 Å². The van der Waals surface area contributed by atoms with Crippen LogP contribution in [0.25, 0.3) is 0 Å². The summed E-state index contributed by atoms with van der Waals surface area (Å²) >= 11 is 0. The molecule has 0 aliphatic carbocycles. The fraction of sp³-hybridized carbons (Fsp3) is 0.231. The van der Waals surface area contributed by atoms with Crippen LogP contribution in [0.5, 0.6) is 0 Å². The van der Waals surface area contributed by atoms with Gasteiger partial charge in [-0.3, -0.25) is 0 Å². The van der Waals surface area contributed by atoms with Gasteiger partial charge in [0.05, 0.1) is 7.11 Å². The maximum Gasteiger partial charge on any atom is 0.156 e. The molecule has 0 fully saturated rings. The molecule has 0 radical (unpaired) electrons. The summed E-state index contributed by atoms with van der Waals surface area (Å²) in [6.07, 6.45) is 1.84. The highest BCUT2D eigenvalue weighted by Crippen LogP contribution is 2.12. The van der Waals surface area contributed by atoms with Crippen molar-refractivity contribution in [2.24, 2.45) is 0 Å². The van der Waals surface area contributed by atoms with E-state index in [1.54, 1.807) is 7.11 Å². The van der Waals surface area contributed by atoms with Crippen LogP contribution in [-0.4, -0.2) is 7.11 Å². The molecule has 0 aliphatic heterocycles. The first kappa shape index (κ1) is 11.4. The third-order valence-electron chi connectivity index (χ3n) is 2.02. The zero-order valence-electron chi connectivity index (χ0n) is 9.19. The standard InChI is InChI=1S/C13H16O2/c1-4-13(11(2)14-3)15-10-12-8-6-5-7-9-12/h4-9H,2,10H2,1,3H3/b13-4+. The molecule has 2 heteroatoms. The predicted octanol–water partition coefficient (Wildman–Crippen LogP) is 3.27. The zero-order valence-corrected chi connectivity index (χ0v) is 9.19. The average molecular weight is 204 g/mol. The molecule has 0 amide bonds. The minimum Gasteiger partial charge on any atom is -0.494 e. The second-order valence-corrected chi connectivity index (χ2v) is 3.05. The quantitative estimate of drug-likeness (QED) is 0.541. The molecule has 0 spiro atoms. The van der Waals surface area contributed by atoms with E-state index in [4.69, 9.17) is 9.47 Å². The number of allylic oxidation sites excluding steroid dienone is 1. The molecule has 80 valence electrons. The van der Waals surface area contributed by atoms with Gasteiger partial charge in [0.25, 0.3) is 0 Å². The number of hydrogen-bond donors (Lipinski definition) is 0. The topological polar surface area (TPSA) is 18.5 Å². The molecule has 1 aromatic rings. The maximum absolute atomic E-state index is 5.57. The summed E-state index contributed by atoms with van der Waals surface area (Å²) in [7, 11) is 1.58. The van der Waals surface area contributed by atoms with Crippen molar-refractivity contribution < 1.29 is 9.47 Å². The van der Waals surface area contributed by atoms with Gasteiger partial charge < -0.3 is 9.47 Å². The van der Waals surface area contributed by atoms with E-state index in [0.29, 0.717) is 18.1 Å². The van der Waals surface area contributed by atoms with Crippen molar-refractivity contribution in [3.63, 3.8) is 0 Å². The number of benzene rings is 1. The number of rotatable bonds is 5. The lowest BCUT2D eigenvalue weighted by atomic mass is 10.2. The lowest BCUT2D eigenvalue weighted by molar-refractivity contribution is 0.166. The van der Waals surface area contributed by atoms with Gasteiger partial charge in [-0.15, -0.1) is 0 Å². The lowest BCUT2D eigenvalue weighted by Crippen LogP contribution is -1.97. The van der Waals surface area contributed by atoms with Crippen molar-refractivity contribution in [2.75, 3.05) is 7.11 Å². The summed E-state index contributed by atoms with van der Waals surface area (Å²) in [5.74, 6) is 1.23. The summed E-state index contributed by atoms with van der Waals surface area (Å²) < 4.78 is 10.6. The SMILES string of the molecule is C=C(OC)/C(=C\C)OCc1ccccc1. The van der Waals surface area contributed by atoms with Crippen molar-refractivity contribution in [3.05, 3.63) is 60.1 Å². The van der Waals surface area contributed by atoms with Crippen LogP contribution >= 0.6 is 0 Å². The number of hydrogen-bond acceptors (Lipinski definition) is 2. The van der Waals surface area contributed by atoms with Crippen LogP contribution in [-0.2, 0) is 16.1 Å². The Morgan fingerprint density at radius 2 is 2.00 bits per heavy atom. The molecule has 1 aromatic carbocycles. The Hall–Kier alpha value is -1.70. The first-order valence-corrected chi connectivity index (χ1v) is 4.84. The smallest absolute Gasteiger partial charge is 0.156 e. The van der Waals surface area contributed by atoms with Crippen molar-refractivity contribution in [1.29, 1.82) is 0 Å². The van der Waals surface area contributed by atoms with Gasteiger partial charge in [0, 0.05) is 0 Å². The van der Waals surface area contributed by atoms with Crippen LogP contribution in [0.15, 0.2) is 54.5 Å². The zero-order chi connectivity index (χ0) is 11.1. The summed E-state index contributed by atoms with van der Waals surface area (Å²) in [5, 5.41) is 0. The van der Waals surface area contributed by atoms with Gasteiger partial charge in [-0.25, -0.2) is 0 Å². The molecule has 0 aliphatic rings. The largest absolute Gasteiger partial charge is 0.494 e. The normalized spacial score (nSPS) is 10.9. The molecular formula is C13H16O2. The fourth-order valence-corrected chi connectivity index (χ4v) is 1.16. The Bertz CT molecular complexity index is 339. The van der Waals surface area contributed by atoms with Crippen LogP contribution in [0.1, 0.15) is 12.5 Å². The molecule has 15 heavy (non-hydrogen) atoms. The van der Waals surface area contributed by atoms with E-state index < -0.39 is 0 Å².